The van der Waals surface area contributed by atoms with Gasteiger partial charge in [-0.2, -0.15) is 0 Å². The van der Waals surface area contributed by atoms with E-state index in [9.17, 15) is 23.6 Å². The summed E-state index contributed by atoms with van der Waals surface area (Å²) in [6.45, 7) is 7.90. The maximum absolute atomic E-state index is 13.4. The lowest BCUT2D eigenvalue weighted by atomic mass is 9.84. The van der Waals surface area contributed by atoms with Crippen LogP contribution in [0.1, 0.15) is 56.5 Å². The number of ether oxygens (including phenoxy) is 1. The second-order valence-electron chi connectivity index (χ2n) is 11.1. The van der Waals surface area contributed by atoms with Crippen molar-refractivity contribution in [3.8, 4) is 5.75 Å². The minimum absolute atomic E-state index is 0.0248. The highest BCUT2D eigenvalue weighted by Gasteiger charge is 2.29. The third-order valence-corrected chi connectivity index (χ3v) is 7.11. The van der Waals surface area contributed by atoms with Crippen molar-refractivity contribution < 1.29 is 28.3 Å². The Morgan fingerprint density at radius 2 is 1.77 bits per heavy atom. The Morgan fingerprint density at radius 1 is 1.10 bits per heavy atom. The monoisotopic (exact) mass is 554 g/mol. The zero-order chi connectivity index (χ0) is 29.4. The first-order valence-electron chi connectivity index (χ1n) is 13.5. The van der Waals surface area contributed by atoms with E-state index in [0.29, 0.717) is 5.75 Å². The van der Waals surface area contributed by atoms with Crippen LogP contribution in [-0.4, -0.2) is 67.4 Å². The number of carbonyl (C=O) groups is 4. The van der Waals surface area contributed by atoms with Crippen molar-refractivity contribution in [2.75, 3.05) is 26.7 Å². The lowest BCUT2D eigenvalue weighted by Crippen LogP contribution is -2.50. The largest absolute Gasteiger partial charge is 0.491 e. The summed E-state index contributed by atoms with van der Waals surface area (Å²) in [4.78, 5) is 53.5. The molecule has 9 nitrogen and oxygen atoms in total. The number of nitrogens with zero attached hydrogens (tertiary/aromatic N) is 1. The van der Waals surface area contributed by atoms with E-state index in [4.69, 9.17) is 4.74 Å². The summed E-state index contributed by atoms with van der Waals surface area (Å²) < 4.78 is 19.4. The molecule has 2 atom stereocenters. The highest BCUT2D eigenvalue weighted by molar-refractivity contribution is 5.99. The molecule has 216 valence electrons. The molecular weight excluding hydrogens is 515 g/mol. The van der Waals surface area contributed by atoms with Gasteiger partial charge in [-0.3, -0.25) is 19.2 Å². The topological polar surface area (TPSA) is 117 Å². The molecule has 1 aliphatic rings. The zero-order valence-corrected chi connectivity index (χ0v) is 23.8. The molecule has 0 aromatic heterocycles. The average Bonchev–Trinajstić information content (AvgIpc) is 2.91. The van der Waals surface area contributed by atoms with Gasteiger partial charge in [0.2, 0.25) is 17.7 Å². The predicted molar refractivity (Wildman–Crippen MR) is 149 cm³/mol. The van der Waals surface area contributed by atoms with Crippen LogP contribution in [0.15, 0.2) is 48.5 Å². The van der Waals surface area contributed by atoms with Crippen LogP contribution >= 0.6 is 0 Å². The Labute approximate surface area is 234 Å². The number of hydrogen-bond acceptors (Lipinski definition) is 5. The van der Waals surface area contributed by atoms with E-state index in [-0.39, 0.29) is 67.7 Å². The van der Waals surface area contributed by atoms with Gasteiger partial charge in [0, 0.05) is 25.4 Å². The summed E-state index contributed by atoms with van der Waals surface area (Å²) in [5.41, 5.74) is 0.546. The van der Waals surface area contributed by atoms with Crippen LogP contribution in [0.5, 0.6) is 5.75 Å². The zero-order valence-electron chi connectivity index (χ0n) is 23.8. The average molecular weight is 555 g/mol. The van der Waals surface area contributed by atoms with Gasteiger partial charge < -0.3 is 25.6 Å². The summed E-state index contributed by atoms with van der Waals surface area (Å²) >= 11 is 0. The number of nitrogens with one attached hydrogen (secondary N) is 3. The number of halogens is 1. The van der Waals surface area contributed by atoms with Gasteiger partial charge in [0.25, 0.3) is 5.91 Å². The van der Waals surface area contributed by atoms with Crippen LogP contribution in [0.3, 0.4) is 0 Å². The molecule has 2 aromatic carbocycles. The fraction of sp³-hybridized carbons (Fsp3) is 0.467. The molecule has 0 radical (unpaired) electrons. The molecule has 3 N–H and O–H groups in total. The van der Waals surface area contributed by atoms with Crippen molar-refractivity contribution in [1.82, 2.24) is 20.9 Å². The molecule has 0 saturated heterocycles. The first-order chi connectivity index (χ1) is 18.9. The fourth-order valence-corrected chi connectivity index (χ4v) is 4.31. The smallest absolute Gasteiger partial charge is 0.255 e. The van der Waals surface area contributed by atoms with Crippen molar-refractivity contribution in [2.45, 2.75) is 58.0 Å². The Hall–Kier alpha value is -3.95. The molecule has 0 aliphatic carbocycles. The van der Waals surface area contributed by atoms with Crippen molar-refractivity contribution >= 4 is 23.6 Å². The number of hydrogen-bond donors (Lipinski definition) is 3. The summed E-state index contributed by atoms with van der Waals surface area (Å²) in [6, 6.07) is 11.4. The Balaban J connectivity index is 1.84. The number of amides is 4. The molecule has 2 aromatic rings. The van der Waals surface area contributed by atoms with Crippen molar-refractivity contribution in [3.05, 3.63) is 65.5 Å². The summed E-state index contributed by atoms with van der Waals surface area (Å²) in [6.07, 6.45) is -0.0355. The quantitative estimate of drug-likeness (QED) is 0.526. The third kappa shape index (κ3) is 8.27. The van der Waals surface area contributed by atoms with Gasteiger partial charge in [0.15, 0.2) is 0 Å². The Morgan fingerprint density at radius 3 is 2.45 bits per heavy atom. The highest BCUT2D eigenvalue weighted by Crippen LogP contribution is 2.23. The molecule has 1 aliphatic heterocycles. The summed E-state index contributed by atoms with van der Waals surface area (Å²) in [5, 5.41) is 8.56. The maximum atomic E-state index is 13.4. The van der Waals surface area contributed by atoms with Gasteiger partial charge in [-0.25, -0.2) is 4.39 Å². The van der Waals surface area contributed by atoms with E-state index in [2.05, 4.69) is 16.0 Å². The predicted octanol–water partition coefficient (Wildman–Crippen LogP) is 2.79. The van der Waals surface area contributed by atoms with E-state index in [0.717, 1.165) is 5.56 Å². The first-order valence-corrected chi connectivity index (χ1v) is 13.5. The van der Waals surface area contributed by atoms with Crippen LogP contribution in [0.4, 0.5) is 4.39 Å². The number of benzene rings is 2. The molecule has 0 spiro atoms. The molecule has 40 heavy (non-hydrogen) atoms. The lowest BCUT2D eigenvalue weighted by Gasteiger charge is -2.27. The highest BCUT2D eigenvalue weighted by atomic mass is 19.1. The molecule has 0 fully saturated rings. The van der Waals surface area contributed by atoms with Crippen molar-refractivity contribution in [1.29, 1.82) is 0 Å². The minimum atomic E-state index is -1.02. The van der Waals surface area contributed by atoms with E-state index in [1.165, 1.54) is 24.1 Å². The second kappa shape index (κ2) is 13.4. The molecule has 10 heteroatoms. The number of likely N-dealkylation sites (N-methyl/N-ethyl adjacent to an activating group) is 1. The third-order valence-electron chi connectivity index (χ3n) is 7.11. The van der Waals surface area contributed by atoms with Gasteiger partial charge in [-0.15, -0.1) is 0 Å². The van der Waals surface area contributed by atoms with E-state index >= 15 is 0 Å². The van der Waals surface area contributed by atoms with Crippen LogP contribution in [0, 0.1) is 11.7 Å². The Bertz CT molecular complexity index is 1210. The first kappa shape index (κ1) is 30.6. The molecule has 0 saturated carbocycles. The molecular formula is C30H39FN4O5. The van der Waals surface area contributed by atoms with Crippen molar-refractivity contribution in [3.63, 3.8) is 0 Å². The number of fused-ring (bicyclic) bond motifs is 1. The standard InChI is InChI=1S/C30H39FN4O5/c1-19(2)24-17-40-25-9-7-6-8-22(25)28(38)34-23(14-15-27(37)35(5)16-26(36)33-24)29(39)32-18-30(3,4)20-10-12-21(31)13-11-20/h6-13,19,23-24H,14-18H2,1-5H3,(H,32,39)(H,33,36)(H,34,38)/t23-,24+/m0/s1. The summed E-state index contributed by atoms with van der Waals surface area (Å²) in [5.74, 6) is -1.63. The van der Waals surface area contributed by atoms with E-state index in [1.807, 2.05) is 27.7 Å². The maximum Gasteiger partial charge on any atom is 0.255 e. The van der Waals surface area contributed by atoms with Gasteiger partial charge in [-0.05, 0) is 42.2 Å². The normalized spacial score (nSPS) is 19.5. The SMILES string of the molecule is CC(C)[C@H]1COc2ccccc2C(=O)N[C@H](C(=O)NCC(C)(C)c2ccc(F)cc2)CCC(=O)N(C)CC(=O)N1. The second-order valence-corrected chi connectivity index (χ2v) is 11.1. The number of rotatable bonds is 5. The molecule has 0 unspecified atom stereocenters. The fourth-order valence-electron chi connectivity index (χ4n) is 4.31. The Kier molecular flexibility index (Phi) is 10.3. The van der Waals surface area contributed by atoms with E-state index < -0.39 is 23.3 Å². The van der Waals surface area contributed by atoms with Crippen LogP contribution in [0.25, 0.3) is 0 Å². The minimum Gasteiger partial charge on any atom is -0.491 e. The van der Waals surface area contributed by atoms with Crippen LogP contribution in [0.2, 0.25) is 0 Å². The van der Waals surface area contributed by atoms with Crippen molar-refractivity contribution in [2.24, 2.45) is 5.92 Å². The summed E-state index contributed by atoms with van der Waals surface area (Å²) in [7, 11) is 1.52. The van der Waals surface area contributed by atoms with Crippen LogP contribution in [-0.2, 0) is 19.8 Å². The van der Waals surface area contributed by atoms with Gasteiger partial charge >= 0.3 is 0 Å². The molecule has 4 amide bonds. The van der Waals surface area contributed by atoms with Gasteiger partial charge in [0.05, 0.1) is 18.2 Å². The lowest BCUT2D eigenvalue weighted by molar-refractivity contribution is -0.135. The van der Waals surface area contributed by atoms with E-state index in [1.54, 1.807) is 36.4 Å². The van der Waals surface area contributed by atoms with Gasteiger partial charge in [0.1, 0.15) is 24.2 Å². The van der Waals surface area contributed by atoms with Gasteiger partial charge in [-0.1, -0.05) is 52.0 Å². The molecule has 1 heterocycles. The van der Waals surface area contributed by atoms with Crippen LogP contribution < -0.4 is 20.7 Å². The molecule has 3 rings (SSSR count). The number of carbonyl (C=O) groups excluding carboxylic acids is 4. The number of para-hydroxylation sites is 1. The molecule has 0 bridgehead atoms.